The summed E-state index contributed by atoms with van der Waals surface area (Å²) in [6.45, 7) is -0.132. The molecule has 5 heteroatoms. The molecule has 0 spiro atoms. The minimum absolute atomic E-state index is 0.132. The summed E-state index contributed by atoms with van der Waals surface area (Å²) in [5.41, 5.74) is 1.20. The van der Waals surface area contributed by atoms with Crippen LogP contribution in [0.3, 0.4) is 0 Å². The number of methoxy groups -OCH3 is 1. The highest BCUT2D eigenvalue weighted by atomic mass is 19.1. The van der Waals surface area contributed by atoms with E-state index < -0.39 is 5.82 Å². The maximum Gasteiger partial charge on any atom is 0.165 e. The molecule has 0 unspecified atom stereocenters. The Bertz CT molecular complexity index is 537. The van der Waals surface area contributed by atoms with E-state index in [9.17, 15) is 4.39 Å². The summed E-state index contributed by atoms with van der Waals surface area (Å²) >= 11 is 0. The third-order valence-corrected chi connectivity index (χ3v) is 2.50. The quantitative estimate of drug-likeness (QED) is 0.882. The number of nitrogens with zero attached hydrogens (tertiary/aromatic N) is 2. The number of imidazole rings is 1. The molecule has 0 fully saturated rings. The zero-order valence-corrected chi connectivity index (χ0v) is 9.64. The second kappa shape index (κ2) is 4.55. The Morgan fingerprint density at radius 1 is 1.47 bits per heavy atom. The highest BCUT2D eigenvalue weighted by Crippen LogP contribution is 2.24. The van der Waals surface area contributed by atoms with Crippen molar-refractivity contribution in [1.82, 2.24) is 9.55 Å². The smallest absolute Gasteiger partial charge is 0.165 e. The van der Waals surface area contributed by atoms with Crippen LogP contribution in [0.15, 0.2) is 24.4 Å². The molecule has 1 N–H and O–H groups in total. The summed E-state index contributed by atoms with van der Waals surface area (Å²) in [5.74, 6) is 0.375. The first-order valence-corrected chi connectivity index (χ1v) is 5.12. The minimum Gasteiger partial charge on any atom is -0.494 e. The first-order valence-electron chi connectivity index (χ1n) is 5.12. The van der Waals surface area contributed by atoms with E-state index in [2.05, 4.69) is 4.98 Å². The number of halogens is 1. The fourth-order valence-corrected chi connectivity index (χ4v) is 1.68. The lowest BCUT2D eigenvalue weighted by Crippen LogP contribution is -1.93. The fraction of sp³-hybridized carbons (Fsp3) is 0.250. The van der Waals surface area contributed by atoms with Gasteiger partial charge in [0.25, 0.3) is 0 Å². The van der Waals surface area contributed by atoms with Gasteiger partial charge in [-0.2, -0.15) is 0 Å². The molecule has 0 aliphatic carbocycles. The van der Waals surface area contributed by atoms with Gasteiger partial charge in [-0.25, -0.2) is 9.37 Å². The Labute approximate surface area is 98.3 Å². The first-order chi connectivity index (χ1) is 8.15. The second-order valence-corrected chi connectivity index (χ2v) is 3.67. The summed E-state index contributed by atoms with van der Waals surface area (Å²) < 4.78 is 20.1. The lowest BCUT2D eigenvalue weighted by Gasteiger charge is -2.05. The average molecular weight is 236 g/mol. The van der Waals surface area contributed by atoms with Crippen LogP contribution in [0.1, 0.15) is 5.69 Å². The normalized spacial score (nSPS) is 10.6. The van der Waals surface area contributed by atoms with Crippen LogP contribution in [0.25, 0.3) is 11.4 Å². The molecule has 2 aromatic rings. The van der Waals surface area contributed by atoms with E-state index in [1.807, 2.05) is 0 Å². The molecule has 17 heavy (non-hydrogen) atoms. The van der Waals surface area contributed by atoms with E-state index in [0.29, 0.717) is 17.1 Å². The maximum absolute atomic E-state index is 13.5. The van der Waals surface area contributed by atoms with Crippen LogP contribution < -0.4 is 4.74 Å². The SMILES string of the molecule is COc1ccc(-c2nc(CO)cn2C)cc1F. The Kier molecular flexibility index (Phi) is 3.10. The molecule has 1 aromatic heterocycles. The fourth-order valence-electron chi connectivity index (χ4n) is 1.68. The van der Waals surface area contributed by atoms with Crippen molar-refractivity contribution in [3.8, 4) is 17.1 Å². The zero-order valence-electron chi connectivity index (χ0n) is 9.64. The van der Waals surface area contributed by atoms with Gasteiger partial charge in [0.1, 0.15) is 5.82 Å². The van der Waals surface area contributed by atoms with Crippen LogP contribution in [0.2, 0.25) is 0 Å². The Morgan fingerprint density at radius 3 is 2.76 bits per heavy atom. The topological polar surface area (TPSA) is 47.3 Å². The molecule has 0 saturated heterocycles. The van der Waals surface area contributed by atoms with Crippen molar-refractivity contribution >= 4 is 0 Å². The number of ether oxygens (including phenoxy) is 1. The van der Waals surface area contributed by atoms with Crippen molar-refractivity contribution in [1.29, 1.82) is 0 Å². The summed E-state index contributed by atoms with van der Waals surface area (Å²) in [6, 6.07) is 4.64. The molecule has 4 nitrogen and oxygen atoms in total. The van der Waals surface area contributed by atoms with E-state index in [1.165, 1.54) is 13.2 Å². The Balaban J connectivity index is 2.45. The molecule has 90 valence electrons. The molecule has 2 rings (SSSR count). The van der Waals surface area contributed by atoms with Gasteiger partial charge in [0.05, 0.1) is 19.4 Å². The first kappa shape index (κ1) is 11.6. The molecule has 0 saturated carbocycles. The van der Waals surface area contributed by atoms with E-state index >= 15 is 0 Å². The molecular weight excluding hydrogens is 223 g/mol. The third kappa shape index (κ3) is 2.14. The van der Waals surface area contributed by atoms with Crippen molar-refractivity contribution < 1.29 is 14.2 Å². The van der Waals surface area contributed by atoms with Gasteiger partial charge < -0.3 is 14.4 Å². The average Bonchev–Trinajstić information content (AvgIpc) is 2.70. The molecule has 0 aliphatic rings. The van der Waals surface area contributed by atoms with E-state index in [0.717, 1.165) is 0 Å². The van der Waals surface area contributed by atoms with Gasteiger partial charge in [-0.1, -0.05) is 0 Å². The zero-order chi connectivity index (χ0) is 12.4. The number of aryl methyl sites for hydroxylation is 1. The molecule has 0 atom stereocenters. The van der Waals surface area contributed by atoms with Crippen molar-refractivity contribution in [2.75, 3.05) is 7.11 Å². The Hall–Kier alpha value is -1.88. The summed E-state index contributed by atoms with van der Waals surface area (Å²) in [5, 5.41) is 8.99. The van der Waals surface area contributed by atoms with Gasteiger partial charge >= 0.3 is 0 Å². The van der Waals surface area contributed by atoms with Crippen LogP contribution >= 0.6 is 0 Å². The van der Waals surface area contributed by atoms with Crippen LogP contribution in [0, 0.1) is 5.82 Å². The number of hydrogen-bond acceptors (Lipinski definition) is 3. The van der Waals surface area contributed by atoms with E-state index in [4.69, 9.17) is 9.84 Å². The molecule has 1 heterocycles. The van der Waals surface area contributed by atoms with Crippen LogP contribution in [-0.4, -0.2) is 21.8 Å². The van der Waals surface area contributed by atoms with Crippen molar-refractivity contribution in [2.24, 2.45) is 7.05 Å². The van der Waals surface area contributed by atoms with Gasteiger partial charge in [-0.05, 0) is 18.2 Å². The van der Waals surface area contributed by atoms with Gasteiger partial charge in [0, 0.05) is 18.8 Å². The van der Waals surface area contributed by atoms with E-state index in [-0.39, 0.29) is 12.4 Å². The van der Waals surface area contributed by atoms with Gasteiger partial charge in [-0.15, -0.1) is 0 Å². The molecule has 0 aliphatic heterocycles. The number of aliphatic hydroxyl groups excluding tert-OH is 1. The predicted octanol–water partition coefficient (Wildman–Crippen LogP) is 1.73. The van der Waals surface area contributed by atoms with Gasteiger partial charge in [-0.3, -0.25) is 0 Å². The molecule has 1 aromatic carbocycles. The number of aliphatic hydroxyl groups is 1. The summed E-state index contributed by atoms with van der Waals surface area (Å²) in [6.07, 6.45) is 1.71. The summed E-state index contributed by atoms with van der Waals surface area (Å²) in [4.78, 5) is 4.20. The largest absolute Gasteiger partial charge is 0.494 e. The number of hydrogen-bond donors (Lipinski definition) is 1. The molecular formula is C12H13FN2O2. The van der Waals surface area contributed by atoms with Gasteiger partial charge in [0.2, 0.25) is 0 Å². The number of aromatic nitrogens is 2. The van der Waals surface area contributed by atoms with Crippen molar-refractivity contribution in [2.45, 2.75) is 6.61 Å². The second-order valence-electron chi connectivity index (χ2n) is 3.67. The lowest BCUT2D eigenvalue weighted by atomic mass is 10.2. The lowest BCUT2D eigenvalue weighted by molar-refractivity contribution is 0.277. The minimum atomic E-state index is -0.432. The summed E-state index contributed by atoms with van der Waals surface area (Å²) in [7, 11) is 3.21. The predicted molar refractivity (Wildman–Crippen MR) is 61.1 cm³/mol. The van der Waals surface area contributed by atoms with Crippen molar-refractivity contribution in [3.63, 3.8) is 0 Å². The maximum atomic E-state index is 13.5. The molecule has 0 amide bonds. The number of benzene rings is 1. The van der Waals surface area contributed by atoms with Crippen LogP contribution in [0.4, 0.5) is 4.39 Å². The van der Waals surface area contributed by atoms with Crippen LogP contribution in [0.5, 0.6) is 5.75 Å². The Morgan fingerprint density at radius 2 is 2.24 bits per heavy atom. The van der Waals surface area contributed by atoms with Gasteiger partial charge in [0.15, 0.2) is 11.6 Å². The number of rotatable bonds is 3. The van der Waals surface area contributed by atoms with Crippen molar-refractivity contribution in [3.05, 3.63) is 35.9 Å². The molecule has 0 bridgehead atoms. The standard InChI is InChI=1S/C12H13FN2O2/c1-15-6-9(7-16)14-12(15)8-3-4-11(17-2)10(13)5-8/h3-6,16H,7H2,1-2H3. The molecule has 0 radical (unpaired) electrons. The third-order valence-electron chi connectivity index (χ3n) is 2.50. The van der Waals surface area contributed by atoms with E-state index in [1.54, 1.807) is 29.9 Å². The van der Waals surface area contributed by atoms with Crippen LogP contribution in [-0.2, 0) is 13.7 Å². The highest BCUT2D eigenvalue weighted by Gasteiger charge is 2.10. The monoisotopic (exact) mass is 236 g/mol. The highest BCUT2D eigenvalue weighted by molar-refractivity contribution is 5.57.